The van der Waals surface area contributed by atoms with Crippen molar-refractivity contribution in [2.75, 3.05) is 6.61 Å². The van der Waals surface area contributed by atoms with Crippen LogP contribution in [0.2, 0.25) is 0 Å². The van der Waals surface area contributed by atoms with Gasteiger partial charge in [0.2, 0.25) is 10.0 Å². The lowest BCUT2D eigenvalue weighted by Gasteiger charge is -2.31. The Balaban J connectivity index is 4.85. The lowest BCUT2D eigenvalue weighted by molar-refractivity contribution is 0.214. The highest BCUT2D eigenvalue weighted by Crippen LogP contribution is 2.22. The van der Waals surface area contributed by atoms with Gasteiger partial charge >= 0.3 is 0 Å². The minimum atomic E-state index is -3.64. The molecule has 2 unspecified atom stereocenters. The lowest BCUT2D eigenvalue weighted by Crippen LogP contribution is -2.46. The Morgan fingerprint density at radius 3 is 2.25 bits per heavy atom. The molecule has 94 valence electrons. The van der Waals surface area contributed by atoms with Crippen LogP contribution < -0.4 is 4.72 Å². The van der Waals surface area contributed by atoms with Gasteiger partial charge < -0.3 is 5.11 Å². The van der Waals surface area contributed by atoms with Crippen molar-refractivity contribution in [3.05, 3.63) is 0 Å². The highest BCUT2D eigenvalue weighted by atomic mass is 32.2. The van der Waals surface area contributed by atoms with E-state index < -0.39 is 15.3 Å². The van der Waals surface area contributed by atoms with Crippen LogP contribution in [0.4, 0.5) is 0 Å². The first-order valence-electron chi connectivity index (χ1n) is 5.16. The summed E-state index contributed by atoms with van der Waals surface area (Å²) in [6.45, 7) is 6.89. The van der Waals surface area contributed by atoms with Gasteiger partial charge in [0.1, 0.15) is 0 Å². The molecule has 0 aliphatic carbocycles. The normalized spacial score (nSPS) is 16.5. The summed E-state index contributed by atoms with van der Waals surface area (Å²) >= 11 is 0. The number of hydrogen-bond acceptors (Lipinski definition) is 4. The van der Waals surface area contributed by atoms with Crippen LogP contribution >= 0.6 is 0 Å². The first kappa shape index (κ1) is 15.4. The Hall–Kier alpha value is -0.640. The maximum atomic E-state index is 11.7. The van der Waals surface area contributed by atoms with Crippen LogP contribution in [-0.2, 0) is 10.0 Å². The Labute approximate surface area is 97.5 Å². The van der Waals surface area contributed by atoms with E-state index in [0.717, 1.165) is 0 Å². The van der Waals surface area contributed by atoms with Gasteiger partial charge in [0.25, 0.3) is 0 Å². The lowest BCUT2D eigenvalue weighted by atomic mass is 9.86. The van der Waals surface area contributed by atoms with E-state index in [1.165, 1.54) is 6.92 Å². The van der Waals surface area contributed by atoms with Crippen molar-refractivity contribution < 1.29 is 13.5 Å². The summed E-state index contributed by atoms with van der Waals surface area (Å²) in [5.74, 6) is 0. The second-order valence-electron chi connectivity index (χ2n) is 4.87. The van der Waals surface area contributed by atoms with Crippen molar-refractivity contribution in [2.24, 2.45) is 5.41 Å². The molecule has 0 fully saturated rings. The van der Waals surface area contributed by atoms with Crippen molar-refractivity contribution in [1.82, 2.24) is 4.72 Å². The zero-order valence-electron chi connectivity index (χ0n) is 10.2. The Morgan fingerprint density at radius 1 is 1.44 bits per heavy atom. The number of hydrogen-bond donors (Lipinski definition) is 2. The van der Waals surface area contributed by atoms with Crippen molar-refractivity contribution >= 4 is 10.0 Å². The smallest absolute Gasteiger partial charge is 0.227 e. The van der Waals surface area contributed by atoms with Gasteiger partial charge in [-0.2, -0.15) is 5.26 Å². The molecular formula is C10H20N2O3S. The third-order valence-electron chi connectivity index (χ3n) is 2.42. The van der Waals surface area contributed by atoms with Crippen LogP contribution in [0.3, 0.4) is 0 Å². The topological polar surface area (TPSA) is 90.2 Å². The number of nitriles is 1. The number of aliphatic hydroxyl groups is 1. The molecule has 2 N–H and O–H groups in total. The van der Waals surface area contributed by atoms with E-state index in [9.17, 15) is 8.42 Å². The number of nitrogens with one attached hydrogen (secondary N) is 1. The van der Waals surface area contributed by atoms with E-state index in [0.29, 0.717) is 6.42 Å². The molecule has 0 bridgehead atoms. The third-order valence-corrected chi connectivity index (χ3v) is 4.07. The van der Waals surface area contributed by atoms with E-state index in [4.69, 9.17) is 10.4 Å². The van der Waals surface area contributed by atoms with E-state index in [-0.39, 0.29) is 18.1 Å². The van der Waals surface area contributed by atoms with Gasteiger partial charge in [-0.25, -0.2) is 13.1 Å². The molecule has 16 heavy (non-hydrogen) atoms. The standard InChI is InChI=1S/C10H20N2O3S/c1-8(7-11)16(14,15)12-9(5-6-13)10(2,3)4/h8-9,12-13H,5-6H2,1-4H3. The first-order chi connectivity index (χ1) is 7.15. The Morgan fingerprint density at radius 2 is 1.94 bits per heavy atom. The van der Waals surface area contributed by atoms with E-state index in [2.05, 4.69) is 4.72 Å². The van der Waals surface area contributed by atoms with Crippen LogP contribution in [0, 0.1) is 16.7 Å². The molecule has 0 aliphatic rings. The van der Waals surface area contributed by atoms with Crippen LogP contribution in [0.5, 0.6) is 0 Å². The quantitative estimate of drug-likeness (QED) is 0.746. The average molecular weight is 248 g/mol. The van der Waals surface area contributed by atoms with Crippen LogP contribution in [0.1, 0.15) is 34.1 Å². The second-order valence-corrected chi connectivity index (χ2v) is 6.90. The number of aliphatic hydroxyl groups excluding tert-OH is 1. The zero-order valence-corrected chi connectivity index (χ0v) is 11.0. The summed E-state index contributed by atoms with van der Waals surface area (Å²) in [4.78, 5) is 0. The predicted molar refractivity (Wildman–Crippen MR) is 62.1 cm³/mol. The van der Waals surface area contributed by atoms with Crippen molar-refractivity contribution in [3.63, 3.8) is 0 Å². The minimum Gasteiger partial charge on any atom is -0.396 e. The molecule has 0 saturated heterocycles. The number of sulfonamides is 1. The number of nitrogens with zero attached hydrogens (tertiary/aromatic N) is 1. The summed E-state index contributed by atoms with van der Waals surface area (Å²) < 4.78 is 25.8. The molecule has 0 aromatic heterocycles. The van der Waals surface area contributed by atoms with Gasteiger partial charge in [0.05, 0.1) is 6.07 Å². The zero-order chi connectivity index (χ0) is 13.0. The molecule has 2 atom stereocenters. The second kappa shape index (κ2) is 5.62. The third kappa shape index (κ3) is 4.47. The average Bonchev–Trinajstić information content (AvgIpc) is 2.14. The summed E-state index contributed by atoms with van der Waals surface area (Å²) in [7, 11) is -3.64. The van der Waals surface area contributed by atoms with Crippen molar-refractivity contribution in [3.8, 4) is 6.07 Å². The van der Waals surface area contributed by atoms with E-state index >= 15 is 0 Å². The fraction of sp³-hybridized carbons (Fsp3) is 0.900. The molecule has 0 amide bonds. The SMILES string of the molecule is CC(C#N)S(=O)(=O)NC(CCO)C(C)(C)C. The summed E-state index contributed by atoms with van der Waals surface area (Å²) in [6.07, 6.45) is 0.334. The van der Waals surface area contributed by atoms with Crippen LogP contribution in [0.15, 0.2) is 0 Å². The molecule has 0 rings (SSSR count). The molecule has 6 heteroatoms. The molecule has 0 spiro atoms. The maximum Gasteiger partial charge on any atom is 0.227 e. The van der Waals surface area contributed by atoms with Gasteiger partial charge in [-0.3, -0.25) is 0 Å². The molecule has 5 nitrogen and oxygen atoms in total. The molecule has 0 aliphatic heterocycles. The predicted octanol–water partition coefficient (Wildman–Crippen LogP) is 0.615. The monoisotopic (exact) mass is 248 g/mol. The van der Waals surface area contributed by atoms with Gasteiger partial charge in [-0.05, 0) is 18.8 Å². The van der Waals surface area contributed by atoms with Crippen molar-refractivity contribution in [1.29, 1.82) is 5.26 Å². The van der Waals surface area contributed by atoms with Crippen LogP contribution in [-0.4, -0.2) is 31.4 Å². The Kier molecular flexibility index (Phi) is 5.39. The van der Waals surface area contributed by atoms with Crippen LogP contribution in [0.25, 0.3) is 0 Å². The van der Waals surface area contributed by atoms with Gasteiger partial charge in [-0.1, -0.05) is 20.8 Å². The van der Waals surface area contributed by atoms with Crippen molar-refractivity contribution in [2.45, 2.75) is 45.4 Å². The molecule has 0 aromatic rings. The summed E-state index contributed by atoms with van der Waals surface area (Å²) in [5.41, 5.74) is -0.301. The maximum absolute atomic E-state index is 11.7. The fourth-order valence-corrected chi connectivity index (χ4v) is 2.38. The Bertz CT molecular complexity index is 351. The molecule has 0 saturated carbocycles. The number of rotatable bonds is 5. The first-order valence-corrected chi connectivity index (χ1v) is 6.71. The largest absolute Gasteiger partial charge is 0.396 e. The van der Waals surface area contributed by atoms with Gasteiger partial charge in [-0.15, -0.1) is 0 Å². The molecule has 0 radical (unpaired) electrons. The van der Waals surface area contributed by atoms with Gasteiger partial charge in [0.15, 0.2) is 5.25 Å². The fourth-order valence-electron chi connectivity index (χ4n) is 1.17. The van der Waals surface area contributed by atoms with Gasteiger partial charge in [0, 0.05) is 12.6 Å². The minimum absolute atomic E-state index is 0.0919. The molecule has 0 heterocycles. The highest BCUT2D eigenvalue weighted by Gasteiger charge is 2.30. The summed E-state index contributed by atoms with van der Waals surface area (Å²) in [6, 6.07) is 1.31. The highest BCUT2D eigenvalue weighted by molar-refractivity contribution is 7.90. The molecule has 0 aromatic carbocycles. The molecular weight excluding hydrogens is 228 g/mol. The van der Waals surface area contributed by atoms with E-state index in [1.807, 2.05) is 20.8 Å². The van der Waals surface area contributed by atoms with E-state index in [1.54, 1.807) is 6.07 Å². The summed E-state index contributed by atoms with van der Waals surface area (Å²) in [5, 5.41) is 16.4.